The van der Waals surface area contributed by atoms with E-state index in [0.717, 1.165) is 30.7 Å². The second-order valence-electron chi connectivity index (χ2n) is 5.96. The van der Waals surface area contributed by atoms with E-state index in [4.69, 9.17) is 0 Å². The Labute approximate surface area is 128 Å². The average molecular weight is 307 g/mol. The first-order valence-electron chi connectivity index (χ1n) is 7.66. The summed E-state index contributed by atoms with van der Waals surface area (Å²) < 4.78 is 0. The highest BCUT2D eigenvalue weighted by atomic mass is 32.1. The molecule has 1 aromatic rings. The SMILES string of the molecule is CC(c1nccs1)N1CC(=O)NC(C2CCCCC2)C1=O. The molecule has 2 aliphatic rings. The molecule has 0 bridgehead atoms. The zero-order valence-electron chi connectivity index (χ0n) is 12.2. The Balaban J connectivity index is 1.77. The van der Waals surface area contributed by atoms with E-state index in [9.17, 15) is 9.59 Å². The fourth-order valence-corrected chi connectivity index (χ4v) is 4.09. The van der Waals surface area contributed by atoms with Crippen LogP contribution in [0.15, 0.2) is 11.6 Å². The minimum Gasteiger partial charge on any atom is -0.342 e. The Kier molecular flexibility index (Phi) is 4.24. The number of aromatic nitrogens is 1. The van der Waals surface area contributed by atoms with Crippen molar-refractivity contribution in [2.45, 2.75) is 51.1 Å². The molecule has 0 radical (unpaired) electrons. The van der Waals surface area contributed by atoms with Gasteiger partial charge in [-0.05, 0) is 25.7 Å². The molecule has 2 fully saturated rings. The molecule has 1 aliphatic carbocycles. The van der Waals surface area contributed by atoms with Crippen molar-refractivity contribution in [3.05, 3.63) is 16.6 Å². The van der Waals surface area contributed by atoms with Gasteiger partial charge in [-0.25, -0.2) is 4.98 Å². The van der Waals surface area contributed by atoms with Crippen LogP contribution in [0.4, 0.5) is 0 Å². The van der Waals surface area contributed by atoms with E-state index in [1.165, 1.54) is 17.8 Å². The summed E-state index contributed by atoms with van der Waals surface area (Å²) in [6, 6.07) is -0.469. The predicted octanol–water partition coefficient (Wildman–Crippen LogP) is 2.11. The average Bonchev–Trinajstić information content (AvgIpc) is 3.04. The maximum Gasteiger partial charge on any atom is 0.246 e. The first-order valence-corrected chi connectivity index (χ1v) is 8.54. The van der Waals surface area contributed by atoms with Crippen molar-refractivity contribution in [3.63, 3.8) is 0 Å². The van der Waals surface area contributed by atoms with Crippen molar-refractivity contribution >= 4 is 23.2 Å². The van der Waals surface area contributed by atoms with Crippen molar-refractivity contribution in [2.24, 2.45) is 5.92 Å². The van der Waals surface area contributed by atoms with Crippen LogP contribution in [-0.4, -0.2) is 34.3 Å². The first kappa shape index (κ1) is 14.5. The minimum atomic E-state index is -0.339. The Morgan fingerprint density at radius 3 is 2.76 bits per heavy atom. The van der Waals surface area contributed by atoms with Gasteiger partial charge in [0.1, 0.15) is 17.6 Å². The summed E-state index contributed by atoms with van der Waals surface area (Å²) in [5.41, 5.74) is 0. The molecule has 1 N–H and O–H groups in total. The van der Waals surface area contributed by atoms with Crippen molar-refractivity contribution in [1.82, 2.24) is 15.2 Å². The number of amides is 2. The number of carbonyl (C=O) groups excluding carboxylic acids is 2. The Morgan fingerprint density at radius 2 is 2.10 bits per heavy atom. The van der Waals surface area contributed by atoms with Gasteiger partial charge < -0.3 is 10.2 Å². The highest BCUT2D eigenvalue weighted by molar-refractivity contribution is 7.09. The molecule has 2 amide bonds. The summed E-state index contributed by atoms with van der Waals surface area (Å²) in [6.45, 7) is 2.09. The van der Waals surface area contributed by atoms with Crippen LogP contribution in [0.1, 0.15) is 50.1 Å². The summed E-state index contributed by atoms with van der Waals surface area (Å²) in [5.74, 6) is 0.305. The number of carbonyl (C=O) groups is 2. The van der Waals surface area contributed by atoms with Crippen LogP contribution in [0.25, 0.3) is 0 Å². The molecule has 6 heteroatoms. The molecule has 0 aromatic carbocycles. The van der Waals surface area contributed by atoms with Gasteiger partial charge >= 0.3 is 0 Å². The van der Waals surface area contributed by atoms with Gasteiger partial charge in [0, 0.05) is 11.6 Å². The summed E-state index contributed by atoms with van der Waals surface area (Å²) >= 11 is 1.53. The van der Waals surface area contributed by atoms with Crippen molar-refractivity contribution < 1.29 is 9.59 Å². The smallest absolute Gasteiger partial charge is 0.246 e. The predicted molar refractivity (Wildman–Crippen MR) is 80.7 cm³/mol. The van der Waals surface area contributed by atoms with E-state index < -0.39 is 0 Å². The van der Waals surface area contributed by atoms with Crippen molar-refractivity contribution in [2.75, 3.05) is 6.54 Å². The van der Waals surface area contributed by atoms with E-state index in [2.05, 4.69) is 10.3 Å². The van der Waals surface area contributed by atoms with Gasteiger partial charge in [-0.3, -0.25) is 9.59 Å². The second kappa shape index (κ2) is 6.13. The lowest BCUT2D eigenvalue weighted by Crippen LogP contribution is -2.61. The molecular formula is C15H21N3O2S. The van der Waals surface area contributed by atoms with Crippen LogP contribution in [0.2, 0.25) is 0 Å². The number of hydrogen-bond donors (Lipinski definition) is 1. The number of thiazole rings is 1. The number of hydrogen-bond acceptors (Lipinski definition) is 4. The van der Waals surface area contributed by atoms with Gasteiger partial charge in [0.05, 0.1) is 6.04 Å². The molecule has 0 spiro atoms. The molecule has 5 nitrogen and oxygen atoms in total. The van der Waals surface area contributed by atoms with Crippen LogP contribution in [-0.2, 0) is 9.59 Å². The standard InChI is InChI=1S/C15H21N3O2S/c1-10(14-16-7-8-21-14)18-9-12(19)17-13(15(18)20)11-5-3-2-4-6-11/h7-8,10-11,13H,2-6,9H2,1H3,(H,17,19). The highest BCUT2D eigenvalue weighted by Gasteiger charge is 2.40. The van der Waals surface area contributed by atoms with Crippen molar-refractivity contribution in [3.8, 4) is 0 Å². The summed E-state index contributed by atoms with van der Waals surface area (Å²) in [7, 11) is 0. The fraction of sp³-hybridized carbons (Fsp3) is 0.667. The lowest BCUT2D eigenvalue weighted by atomic mass is 9.82. The third-order valence-electron chi connectivity index (χ3n) is 4.58. The van der Waals surface area contributed by atoms with Gasteiger partial charge in [0.15, 0.2) is 0 Å². The van der Waals surface area contributed by atoms with Gasteiger partial charge in [-0.2, -0.15) is 0 Å². The molecule has 2 unspecified atom stereocenters. The van der Waals surface area contributed by atoms with E-state index in [1.54, 1.807) is 11.1 Å². The molecule has 1 saturated heterocycles. The summed E-state index contributed by atoms with van der Waals surface area (Å²) in [4.78, 5) is 30.8. The van der Waals surface area contributed by atoms with Crippen LogP contribution < -0.4 is 5.32 Å². The Morgan fingerprint density at radius 1 is 1.33 bits per heavy atom. The third kappa shape index (κ3) is 2.95. The van der Waals surface area contributed by atoms with Crippen LogP contribution >= 0.6 is 11.3 Å². The molecule has 1 aliphatic heterocycles. The molecule has 1 aromatic heterocycles. The molecular weight excluding hydrogens is 286 g/mol. The quantitative estimate of drug-likeness (QED) is 0.930. The molecule has 2 heterocycles. The lowest BCUT2D eigenvalue weighted by Gasteiger charge is -2.39. The van der Waals surface area contributed by atoms with Gasteiger partial charge in [-0.15, -0.1) is 11.3 Å². The lowest BCUT2D eigenvalue weighted by molar-refractivity contribution is -0.148. The molecule has 21 heavy (non-hydrogen) atoms. The second-order valence-corrected chi connectivity index (χ2v) is 6.88. The Bertz CT molecular complexity index is 511. The first-order chi connectivity index (χ1) is 10.2. The number of nitrogens with zero attached hydrogens (tertiary/aromatic N) is 2. The maximum absolute atomic E-state index is 12.8. The van der Waals surface area contributed by atoms with Crippen molar-refractivity contribution in [1.29, 1.82) is 0 Å². The third-order valence-corrected chi connectivity index (χ3v) is 5.52. The van der Waals surface area contributed by atoms with Gasteiger partial charge in [0.25, 0.3) is 0 Å². The fourth-order valence-electron chi connectivity index (χ4n) is 3.38. The van der Waals surface area contributed by atoms with E-state index in [0.29, 0.717) is 5.92 Å². The molecule has 1 saturated carbocycles. The maximum atomic E-state index is 12.8. The van der Waals surface area contributed by atoms with E-state index >= 15 is 0 Å². The molecule has 114 valence electrons. The number of rotatable bonds is 3. The topological polar surface area (TPSA) is 62.3 Å². The number of nitrogens with one attached hydrogen (secondary N) is 1. The van der Waals surface area contributed by atoms with E-state index in [1.807, 2.05) is 12.3 Å². The normalized spacial score (nSPS) is 25.8. The summed E-state index contributed by atoms with van der Waals surface area (Å²) in [6.07, 6.45) is 7.37. The summed E-state index contributed by atoms with van der Waals surface area (Å²) in [5, 5.41) is 5.71. The Hall–Kier alpha value is -1.43. The van der Waals surface area contributed by atoms with Gasteiger partial charge in [-0.1, -0.05) is 19.3 Å². The number of piperazine rings is 1. The van der Waals surface area contributed by atoms with Crippen LogP contribution in [0.3, 0.4) is 0 Å². The van der Waals surface area contributed by atoms with E-state index in [-0.39, 0.29) is 30.4 Å². The van der Waals surface area contributed by atoms with Gasteiger partial charge in [0.2, 0.25) is 11.8 Å². The molecule has 3 rings (SSSR count). The monoisotopic (exact) mass is 307 g/mol. The van der Waals surface area contributed by atoms with Crippen LogP contribution in [0.5, 0.6) is 0 Å². The zero-order chi connectivity index (χ0) is 14.8. The van der Waals surface area contributed by atoms with Crippen LogP contribution in [0, 0.1) is 5.92 Å². The largest absolute Gasteiger partial charge is 0.342 e. The minimum absolute atomic E-state index is 0.0476. The molecule has 2 atom stereocenters. The highest BCUT2D eigenvalue weighted by Crippen LogP contribution is 2.31. The zero-order valence-corrected chi connectivity index (χ0v) is 13.1.